The monoisotopic (exact) mass is 212 g/mol. The van der Waals surface area contributed by atoms with E-state index in [-0.39, 0.29) is 12.1 Å². The summed E-state index contributed by atoms with van der Waals surface area (Å²) in [6, 6.07) is 2.44. The lowest BCUT2D eigenvalue weighted by molar-refractivity contribution is 0.0688. The number of ether oxygens (including phenoxy) is 1. The van der Waals surface area contributed by atoms with E-state index in [9.17, 15) is 0 Å². The Kier molecular flexibility index (Phi) is 3.18. The molecule has 2 atom stereocenters. The van der Waals surface area contributed by atoms with Crippen LogP contribution in [-0.2, 0) is 4.74 Å². The molecule has 2 unspecified atom stereocenters. The molecule has 0 radical (unpaired) electrons. The normalized spacial score (nSPS) is 24.9. The molecule has 3 N–H and O–H groups in total. The smallest absolute Gasteiger partial charge is 0.0639 e. The first kappa shape index (κ1) is 10.1. The molecule has 1 aromatic heterocycles. The molecule has 14 heavy (non-hydrogen) atoms. The Morgan fingerprint density at radius 2 is 2.57 bits per heavy atom. The third kappa shape index (κ3) is 1.98. The fraction of sp³-hybridized carbons (Fsp3) is 0.600. The average Bonchev–Trinajstić information content (AvgIpc) is 2.65. The highest BCUT2D eigenvalue weighted by molar-refractivity contribution is 7.10. The fourth-order valence-electron chi connectivity index (χ4n) is 1.73. The molecule has 2 rings (SSSR count). The quantitative estimate of drug-likeness (QED) is 0.770. The van der Waals surface area contributed by atoms with Crippen molar-refractivity contribution in [2.24, 2.45) is 5.73 Å². The van der Waals surface area contributed by atoms with Gasteiger partial charge in [0.2, 0.25) is 0 Å². The molecule has 0 amide bonds. The average molecular weight is 212 g/mol. The van der Waals surface area contributed by atoms with Crippen LogP contribution in [0.3, 0.4) is 0 Å². The number of rotatable bonds is 2. The molecule has 0 bridgehead atoms. The lowest BCUT2D eigenvalue weighted by atomic mass is 10.1. The van der Waals surface area contributed by atoms with Gasteiger partial charge in [0.1, 0.15) is 0 Å². The molecule has 1 aliphatic heterocycles. The zero-order valence-electron chi connectivity index (χ0n) is 8.32. The van der Waals surface area contributed by atoms with E-state index in [2.05, 4.69) is 23.7 Å². The Bertz CT molecular complexity index is 294. The van der Waals surface area contributed by atoms with Gasteiger partial charge in [-0.3, -0.25) is 0 Å². The summed E-state index contributed by atoms with van der Waals surface area (Å²) in [6.07, 6.45) is 0. The van der Waals surface area contributed by atoms with E-state index < -0.39 is 0 Å². The van der Waals surface area contributed by atoms with E-state index in [4.69, 9.17) is 10.5 Å². The van der Waals surface area contributed by atoms with Crippen molar-refractivity contribution in [3.8, 4) is 0 Å². The predicted octanol–water partition coefficient (Wildman–Crippen LogP) is 1.04. The van der Waals surface area contributed by atoms with Gasteiger partial charge in [-0.1, -0.05) is 0 Å². The van der Waals surface area contributed by atoms with Crippen LogP contribution in [0, 0.1) is 6.92 Å². The van der Waals surface area contributed by atoms with Crippen molar-refractivity contribution in [3.05, 3.63) is 21.9 Å². The number of hydrogen-bond acceptors (Lipinski definition) is 4. The number of hydrogen-bond donors (Lipinski definition) is 2. The van der Waals surface area contributed by atoms with Gasteiger partial charge in [-0.15, -0.1) is 11.3 Å². The van der Waals surface area contributed by atoms with E-state index in [1.807, 2.05) is 0 Å². The maximum absolute atomic E-state index is 6.18. The molecule has 0 spiro atoms. The zero-order valence-corrected chi connectivity index (χ0v) is 9.14. The number of nitrogens with one attached hydrogen (secondary N) is 1. The first-order valence-electron chi connectivity index (χ1n) is 4.90. The molecule has 2 heterocycles. The van der Waals surface area contributed by atoms with Crippen molar-refractivity contribution in [3.63, 3.8) is 0 Å². The van der Waals surface area contributed by atoms with Crippen LogP contribution in [0.15, 0.2) is 11.4 Å². The molecule has 0 aliphatic carbocycles. The van der Waals surface area contributed by atoms with Crippen LogP contribution in [0.25, 0.3) is 0 Å². The second-order valence-corrected chi connectivity index (χ2v) is 4.58. The second kappa shape index (κ2) is 4.40. The zero-order chi connectivity index (χ0) is 9.97. The van der Waals surface area contributed by atoms with Crippen LogP contribution in [-0.4, -0.2) is 25.8 Å². The van der Waals surface area contributed by atoms with E-state index in [1.165, 1.54) is 10.4 Å². The molecule has 1 aromatic rings. The third-order valence-corrected chi connectivity index (χ3v) is 3.71. The summed E-state index contributed by atoms with van der Waals surface area (Å²) in [7, 11) is 0. The minimum absolute atomic E-state index is 0.0651. The minimum atomic E-state index is 0.0651. The molecular weight excluding hydrogens is 196 g/mol. The summed E-state index contributed by atoms with van der Waals surface area (Å²) < 4.78 is 5.40. The fourth-order valence-corrected chi connectivity index (χ4v) is 2.72. The van der Waals surface area contributed by atoms with Crippen LogP contribution < -0.4 is 11.1 Å². The van der Waals surface area contributed by atoms with Gasteiger partial charge in [0.15, 0.2) is 0 Å². The SMILES string of the molecule is Cc1ccsc1C(N)C1COCCN1. The lowest BCUT2D eigenvalue weighted by Crippen LogP contribution is -2.47. The lowest BCUT2D eigenvalue weighted by Gasteiger charge is -2.28. The minimum Gasteiger partial charge on any atom is -0.378 e. The second-order valence-electron chi connectivity index (χ2n) is 3.63. The molecule has 1 saturated heterocycles. The molecule has 0 aromatic carbocycles. The summed E-state index contributed by atoms with van der Waals surface area (Å²) in [5, 5.41) is 5.48. The van der Waals surface area contributed by atoms with Gasteiger partial charge in [0, 0.05) is 11.4 Å². The highest BCUT2D eigenvalue weighted by atomic mass is 32.1. The summed E-state index contributed by atoms with van der Waals surface area (Å²) >= 11 is 1.73. The van der Waals surface area contributed by atoms with Crippen molar-refractivity contribution in [1.29, 1.82) is 0 Å². The van der Waals surface area contributed by atoms with Crippen molar-refractivity contribution < 1.29 is 4.74 Å². The molecular formula is C10H16N2OS. The first-order valence-corrected chi connectivity index (χ1v) is 5.77. The number of nitrogens with two attached hydrogens (primary N) is 1. The first-order chi connectivity index (χ1) is 6.79. The summed E-state index contributed by atoms with van der Waals surface area (Å²) in [5.74, 6) is 0. The van der Waals surface area contributed by atoms with E-state index in [0.29, 0.717) is 0 Å². The highest BCUT2D eigenvalue weighted by Crippen LogP contribution is 2.25. The Balaban J connectivity index is 2.07. The molecule has 1 aliphatic rings. The van der Waals surface area contributed by atoms with Crippen LogP contribution in [0.2, 0.25) is 0 Å². The van der Waals surface area contributed by atoms with Gasteiger partial charge < -0.3 is 15.8 Å². The summed E-state index contributed by atoms with van der Waals surface area (Å²) in [5.41, 5.74) is 7.47. The maximum atomic E-state index is 6.18. The van der Waals surface area contributed by atoms with Gasteiger partial charge in [0.25, 0.3) is 0 Å². The van der Waals surface area contributed by atoms with Crippen LogP contribution >= 0.6 is 11.3 Å². The van der Waals surface area contributed by atoms with Gasteiger partial charge in [0.05, 0.1) is 25.3 Å². The molecule has 1 fully saturated rings. The van der Waals surface area contributed by atoms with Gasteiger partial charge in [-0.25, -0.2) is 0 Å². The highest BCUT2D eigenvalue weighted by Gasteiger charge is 2.23. The van der Waals surface area contributed by atoms with E-state index >= 15 is 0 Å². The van der Waals surface area contributed by atoms with Crippen molar-refractivity contribution in [1.82, 2.24) is 5.32 Å². The number of thiophene rings is 1. The van der Waals surface area contributed by atoms with Gasteiger partial charge in [-0.05, 0) is 23.9 Å². The van der Waals surface area contributed by atoms with Gasteiger partial charge in [-0.2, -0.15) is 0 Å². The standard InChI is InChI=1S/C10H16N2OS/c1-7-2-5-14-10(7)9(11)8-6-13-4-3-12-8/h2,5,8-9,12H,3-4,6,11H2,1H3. The third-order valence-electron chi connectivity index (χ3n) is 2.59. The summed E-state index contributed by atoms with van der Waals surface area (Å²) in [4.78, 5) is 1.27. The Morgan fingerprint density at radius 1 is 1.71 bits per heavy atom. The Labute approximate surface area is 88.3 Å². The molecule has 78 valence electrons. The van der Waals surface area contributed by atoms with Crippen LogP contribution in [0.5, 0.6) is 0 Å². The largest absolute Gasteiger partial charge is 0.378 e. The Hall–Kier alpha value is -0.420. The van der Waals surface area contributed by atoms with Crippen molar-refractivity contribution in [2.45, 2.75) is 19.0 Å². The maximum Gasteiger partial charge on any atom is 0.0639 e. The molecule has 0 saturated carbocycles. The van der Waals surface area contributed by atoms with Crippen molar-refractivity contribution in [2.75, 3.05) is 19.8 Å². The topological polar surface area (TPSA) is 47.3 Å². The van der Waals surface area contributed by atoms with Crippen LogP contribution in [0.1, 0.15) is 16.5 Å². The van der Waals surface area contributed by atoms with E-state index in [0.717, 1.165) is 19.8 Å². The summed E-state index contributed by atoms with van der Waals surface area (Å²) in [6.45, 7) is 4.53. The number of aryl methyl sites for hydroxylation is 1. The van der Waals surface area contributed by atoms with E-state index in [1.54, 1.807) is 11.3 Å². The van der Waals surface area contributed by atoms with Crippen molar-refractivity contribution >= 4 is 11.3 Å². The predicted molar refractivity (Wildman–Crippen MR) is 58.6 cm³/mol. The molecule has 3 nitrogen and oxygen atoms in total. The van der Waals surface area contributed by atoms with Gasteiger partial charge >= 0.3 is 0 Å². The van der Waals surface area contributed by atoms with Crippen LogP contribution in [0.4, 0.5) is 0 Å². The molecule has 4 heteroatoms. The Morgan fingerprint density at radius 3 is 3.14 bits per heavy atom. The number of morpholine rings is 1.